The van der Waals surface area contributed by atoms with E-state index in [2.05, 4.69) is 38.4 Å². The number of thioether (sulfide) groups is 2. The Morgan fingerprint density at radius 3 is 1.86 bits per heavy atom. The molecular formula is C20H20N6S2. The SMILES string of the molecule is CC1=CC2SC(N=Nc3ccc(N=Nc4ccc(N(C)C)cc4)cc3)=NC2S1. The lowest BCUT2D eigenvalue weighted by molar-refractivity contribution is 0.990. The number of azo groups is 2. The Morgan fingerprint density at radius 2 is 1.32 bits per heavy atom. The molecule has 0 saturated heterocycles. The number of benzene rings is 2. The highest BCUT2D eigenvalue weighted by molar-refractivity contribution is 8.16. The Bertz CT molecular complexity index is 961. The number of rotatable bonds is 4. The topological polar surface area (TPSA) is 65.0 Å². The van der Waals surface area contributed by atoms with Crippen molar-refractivity contribution < 1.29 is 0 Å². The van der Waals surface area contributed by atoms with E-state index in [1.54, 1.807) is 23.5 Å². The molecule has 2 aromatic carbocycles. The number of hydrogen-bond acceptors (Lipinski definition) is 8. The standard InChI is InChI=1S/C20H20N6S2/c1-13-12-18-19(27-13)21-20(28-18)25-24-15-6-4-14(5-7-15)22-23-16-8-10-17(11-9-16)26(2)3/h4-12,18-19H,1-3H3. The first-order valence-electron chi connectivity index (χ1n) is 8.87. The van der Waals surface area contributed by atoms with Gasteiger partial charge in [-0.25, -0.2) is 4.99 Å². The monoisotopic (exact) mass is 408 g/mol. The minimum Gasteiger partial charge on any atom is -0.378 e. The van der Waals surface area contributed by atoms with E-state index >= 15 is 0 Å². The predicted molar refractivity (Wildman–Crippen MR) is 120 cm³/mol. The van der Waals surface area contributed by atoms with Crippen molar-refractivity contribution in [1.82, 2.24) is 0 Å². The van der Waals surface area contributed by atoms with Gasteiger partial charge in [0.05, 0.1) is 22.3 Å². The average Bonchev–Trinajstić information content (AvgIpc) is 3.22. The molecule has 142 valence electrons. The molecule has 0 spiro atoms. The van der Waals surface area contributed by atoms with Crippen molar-refractivity contribution >= 4 is 51.4 Å². The maximum absolute atomic E-state index is 4.61. The lowest BCUT2D eigenvalue weighted by Crippen LogP contribution is -2.07. The molecular weight excluding hydrogens is 388 g/mol. The Hall–Kier alpha value is -2.45. The van der Waals surface area contributed by atoms with Crippen LogP contribution in [0.25, 0.3) is 0 Å². The van der Waals surface area contributed by atoms with E-state index in [-0.39, 0.29) is 5.37 Å². The smallest absolute Gasteiger partial charge is 0.206 e. The highest BCUT2D eigenvalue weighted by atomic mass is 32.2. The molecule has 4 rings (SSSR count). The molecule has 2 aliphatic rings. The van der Waals surface area contributed by atoms with Crippen LogP contribution in [0.15, 0.2) is 85.0 Å². The summed E-state index contributed by atoms with van der Waals surface area (Å²) in [6.45, 7) is 2.12. The number of hydrogen-bond donors (Lipinski definition) is 0. The second kappa shape index (κ2) is 8.28. The van der Waals surface area contributed by atoms with E-state index in [1.807, 2.05) is 67.5 Å². The molecule has 0 amide bonds. The van der Waals surface area contributed by atoms with Gasteiger partial charge in [-0.05, 0) is 60.4 Å². The Morgan fingerprint density at radius 1 is 0.786 bits per heavy atom. The summed E-state index contributed by atoms with van der Waals surface area (Å²) in [5.41, 5.74) is 3.49. The summed E-state index contributed by atoms with van der Waals surface area (Å²) in [7, 11) is 4.02. The van der Waals surface area contributed by atoms with Crippen LogP contribution in [0.3, 0.4) is 0 Å². The molecule has 2 heterocycles. The van der Waals surface area contributed by atoms with Crippen LogP contribution in [-0.2, 0) is 0 Å². The summed E-state index contributed by atoms with van der Waals surface area (Å²) >= 11 is 3.47. The zero-order valence-electron chi connectivity index (χ0n) is 15.9. The molecule has 0 aromatic heterocycles. The summed E-state index contributed by atoms with van der Waals surface area (Å²) in [6.07, 6.45) is 2.25. The molecule has 2 atom stereocenters. The van der Waals surface area contributed by atoms with E-state index in [1.165, 1.54) is 4.91 Å². The van der Waals surface area contributed by atoms with Crippen LogP contribution in [0.5, 0.6) is 0 Å². The molecule has 2 unspecified atom stereocenters. The van der Waals surface area contributed by atoms with E-state index in [0.717, 1.165) is 27.9 Å². The summed E-state index contributed by atoms with van der Waals surface area (Å²) < 4.78 is 0. The third kappa shape index (κ3) is 4.51. The second-order valence-electron chi connectivity index (χ2n) is 6.61. The first kappa shape index (κ1) is 18.9. The van der Waals surface area contributed by atoms with Crippen molar-refractivity contribution in [2.45, 2.75) is 17.5 Å². The van der Waals surface area contributed by atoms with Crippen molar-refractivity contribution in [2.75, 3.05) is 19.0 Å². The van der Waals surface area contributed by atoms with E-state index < -0.39 is 0 Å². The normalized spacial score (nSPS) is 21.2. The maximum Gasteiger partial charge on any atom is 0.206 e. The molecule has 2 aromatic rings. The number of amidine groups is 1. The van der Waals surface area contributed by atoms with Crippen LogP contribution in [-0.4, -0.2) is 29.9 Å². The summed E-state index contributed by atoms with van der Waals surface area (Å²) in [5.74, 6) is 0. The van der Waals surface area contributed by atoms with Gasteiger partial charge in [0, 0.05) is 19.8 Å². The summed E-state index contributed by atoms with van der Waals surface area (Å²) in [4.78, 5) is 7.99. The van der Waals surface area contributed by atoms with Crippen LogP contribution in [0.4, 0.5) is 22.7 Å². The Kier molecular flexibility index (Phi) is 5.59. The van der Waals surface area contributed by atoms with Gasteiger partial charge < -0.3 is 4.90 Å². The zero-order chi connectivity index (χ0) is 19.5. The van der Waals surface area contributed by atoms with Crippen LogP contribution >= 0.6 is 23.5 Å². The molecule has 0 aliphatic carbocycles. The lowest BCUT2D eigenvalue weighted by Gasteiger charge is -2.11. The number of aliphatic imine (C=N–C) groups is 1. The van der Waals surface area contributed by atoms with E-state index in [0.29, 0.717) is 5.25 Å². The van der Waals surface area contributed by atoms with Crippen molar-refractivity contribution in [3.63, 3.8) is 0 Å². The Balaban J connectivity index is 1.36. The van der Waals surface area contributed by atoms with Crippen LogP contribution < -0.4 is 4.90 Å². The maximum atomic E-state index is 4.61. The van der Waals surface area contributed by atoms with Crippen LogP contribution in [0.1, 0.15) is 6.92 Å². The summed E-state index contributed by atoms with van der Waals surface area (Å²) in [5, 5.41) is 18.5. The molecule has 2 aliphatic heterocycles. The first-order chi connectivity index (χ1) is 13.6. The first-order valence-corrected chi connectivity index (χ1v) is 10.6. The van der Waals surface area contributed by atoms with Crippen molar-refractivity contribution in [2.24, 2.45) is 25.4 Å². The van der Waals surface area contributed by atoms with Gasteiger partial charge in [0.2, 0.25) is 5.17 Å². The molecule has 0 fully saturated rings. The molecule has 0 saturated carbocycles. The van der Waals surface area contributed by atoms with E-state index in [4.69, 9.17) is 0 Å². The molecule has 8 heteroatoms. The minimum absolute atomic E-state index is 0.258. The Labute approximate surface area is 173 Å². The third-order valence-corrected chi connectivity index (χ3v) is 6.60. The van der Waals surface area contributed by atoms with Gasteiger partial charge in [-0.3, -0.25) is 0 Å². The van der Waals surface area contributed by atoms with Gasteiger partial charge in [-0.1, -0.05) is 17.8 Å². The molecule has 6 nitrogen and oxygen atoms in total. The van der Waals surface area contributed by atoms with Crippen LogP contribution in [0, 0.1) is 0 Å². The van der Waals surface area contributed by atoms with Crippen LogP contribution in [0.2, 0.25) is 0 Å². The van der Waals surface area contributed by atoms with Crippen molar-refractivity contribution in [3.05, 3.63) is 59.5 Å². The van der Waals surface area contributed by atoms with E-state index in [9.17, 15) is 0 Å². The predicted octanol–water partition coefficient (Wildman–Crippen LogP) is 6.70. The quantitative estimate of drug-likeness (QED) is 0.529. The number of nitrogens with zero attached hydrogens (tertiary/aromatic N) is 6. The minimum atomic E-state index is 0.258. The fraction of sp³-hybridized carbons (Fsp3) is 0.250. The number of allylic oxidation sites excluding steroid dienone is 1. The zero-order valence-corrected chi connectivity index (χ0v) is 17.5. The highest BCUT2D eigenvalue weighted by Gasteiger charge is 2.33. The second-order valence-corrected chi connectivity index (χ2v) is 9.11. The lowest BCUT2D eigenvalue weighted by atomic mass is 10.3. The fourth-order valence-corrected chi connectivity index (χ4v) is 5.15. The van der Waals surface area contributed by atoms with Gasteiger partial charge in [0.1, 0.15) is 5.37 Å². The summed E-state index contributed by atoms with van der Waals surface area (Å²) in [6, 6.07) is 15.5. The third-order valence-electron chi connectivity index (χ3n) is 4.21. The van der Waals surface area contributed by atoms with Crippen molar-refractivity contribution in [1.29, 1.82) is 0 Å². The molecule has 0 N–H and O–H groups in total. The van der Waals surface area contributed by atoms with Gasteiger partial charge >= 0.3 is 0 Å². The van der Waals surface area contributed by atoms with Gasteiger partial charge in [-0.2, -0.15) is 10.2 Å². The largest absolute Gasteiger partial charge is 0.378 e. The highest BCUT2D eigenvalue weighted by Crippen LogP contribution is 2.44. The number of anilines is 1. The van der Waals surface area contributed by atoms with Crippen molar-refractivity contribution in [3.8, 4) is 0 Å². The molecule has 0 radical (unpaired) electrons. The van der Waals surface area contributed by atoms with Gasteiger partial charge in [0.15, 0.2) is 0 Å². The van der Waals surface area contributed by atoms with Gasteiger partial charge in [0.25, 0.3) is 0 Å². The fourth-order valence-electron chi connectivity index (χ4n) is 2.73. The van der Waals surface area contributed by atoms with Gasteiger partial charge in [-0.15, -0.1) is 22.0 Å². The molecule has 28 heavy (non-hydrogen) atoms. The number of fused-ring (bicyclic) bond motifs is 1. The molecule has 0 bridgehead atoms. The average molecular weight is 409 g/mol.